The van der Waals surface area contributed by atoms with Gasteiger partial charge in [-0.3, -0.25) is 9.52 Å². The first kappa shape index (κ1) is 24.1. The number of halogens is 1. The molecular weight excluding hydrogens is 447 g/mol. The molecule has 9 heteroatoms. The van der Waals surface area contributed by atoms with Crippen molar-refractivity contribution < 1.29 is 27.1 Å². The number of aryl methyl sites for hydroxylation is 1. The first-order chi connectivity index (χ1) is 15.8. The van der Waals surface area contributed by atoms with E-state index in [0.29, 0.717) is 30.2 Å². The molecule has 0 unspecified atom stereocenters. The Morgan fingerprint density at radius 1 is 0.970 bits per heavy atom. The summed E-state index contributed by atoms with van der Waals surface area (Å²) in [5.74, 6) is 0.127. The average Bonchev–Trinajstić information content (AvgIpc) is 2.80. The topological polar surface area (TPSA) is 93.7 Å². The highest BCUT2D eigenvalue weighted by molar-refractivity contribution is 7.92. The standard InChI is InChI=1S/C24H25FN2O5S/c1-3-32-21-12-9-19(10-13-21)27-33(29,30)23-16-20(11-14-22(23)31-2)26-24(28)15-6-17-4-7-18(25)8-5-17/h4-5,7-14,16,27H,3,6,15H2,1-2H3,(H,26,28). The Labute approximate surface area is 192 Å². The number of benzene rings is 3. The molecule has 0 saturated heterocycles. The third kappa shape index (κ3) is 6.69. The van der Waals surface area contributed by atoms with Crippen LogP contribution in [0.1, 0.15) is 18.9 Å². The molecular formula is C24H25FN2O5S. The van der Waals surface area contributed by atoms with Crippen LogP contribution in [-0.2, 0) is 21.2 Å². The fourth-order valence-electron chi connectivity index (χ4n) is 3.09. The van der Waals surface area contributed by atoms with Crippen LogP contribution < -0.4 is 19.5 Å². The molecule has 3 aromatic carbocycles. The summed E-state index contributed by atoms with van der Waals surface area (Å²) in [6.45, 7) is 2.36. The molecule has 1 amide bonds. The minimum Gasteiger partial charge on any atom is -0.495 e. The van der Waals surface area contributed by atoms with Gasteiger partial charge in [0.1, 0.15) is 22.2 Å². The molecule has 0 bridgehead atoms. The van der Waals surface area contributed by atoms with Crippen LogP contribution in [0.5, 0.6) is 11.5 Å². The normalized spacial score (nSPS) is 11.0. The monoisotopic (exact) mass is 472 g/mol. The van der Waals surface area contributed by atoms with Crippen molar-refractivity contribution >= 4 is 27.3 Å². The number of carbonyl (C=O) groups is 1. The van der Waals surface area contributed by atoms with Crippen molar-refractivity contribution in [1.82, 2.24) is 0 Å². The first-order valence-electron chi connectivity index (χ1n) is 10.3. The highest BCUT2D eigenvalue weighted by atomic mass is 32.2. The lowest BCUT2D eigenvalue weighted by molar-refractivity contribution is -0.116. The fourth-order valence-corrected chi connectivity index (χ4v) is 4.35. The third-order valence-corrected chi connectivity index (χ3v) is 6.11. The van der Waals surface area contributed by atoms with Gasteiger partial charge in [0.25, 0.3) is 10.0 Å². The van der Waals surface area contributed by atoms with Crippen molar-refractivity contribution in [2.45, 2.75) is 24.7 Å². The number of carbonyl (C=O) groups excluding carboxylic acids is 1. The van der Waals surface area contributed by atoms with Crippen LogP contribution in [-0.4, -0.2) is 28.0 Å². The number of anilines is 2. The molecule has 0 aliphatic rings. The van der Waals surface area contributed by atoms with Crippen LogP contribution in [0.3, 0.4) is 0 Å². The molecule has 0 fully saturated rings. The third-order valence-electron chi connectivity index (χ3n) is 4.71. The Balaban J connectivity index is 1.72. The maximum Gasteiger partial charge on any atom is 0.265 e. The van der Waals surface area contributed by atoms with Crippen molar-refractivity contribution in [3.8, 4) is 11.5 Å². The molecule has 2 N–H and O–H groups in total. The van der Waals surface area contributed by atoms with E-state index in [1.165, 1.54) is 31.4 Å². The molecule has 0 aromatic heterocycles. The maximum atomic E-state index is 13.0. The van der Waals surface area contributed by atoms with Crippen molar-refractivity contribution in [3.63, 3.8) is 0 Å². The van der Waals surface area contributed by atoms with Gasteiger partial charge in [0.05, 0.1) is 13.7 Å². The van der Waals surface area contributed by atoms with E-state index in [9.17, 15) is 17.6 Å². The number of nitrogens with one attached hydrogen (secondary N) is 2. The largest absolute Gasteiger partial charge is 0.495 e. The van der Waals surface area contributed by atoms with E-state index in [1.807, 2.05) is 6.92 Å². The molecule has 3 aromatic rings. The van der Waals surface area contributed by atoms with Gasteiger partial charge in [-0.05, 0) is 73.5 Å². The van der Waals surface area contributed by atoms with Gasteiger partial charge in [0.2, 0.25) is 5.91 Å². The molecule has 0 radical (unpaired) electrons. The second kappa shape index (κ2) is 10.8. The lowest BCUT2D eigenvalue weighted by Crippen LogP contribution is -2.16. The fraction of sp³-hybridized carbons (Fsp3) is 0.208. The molecule has 33 heavy (non-hydrogen) atoms. The van der Waals surface area contributed by atoms with Gasteiger partial charge in [0, 0.05) is 17.8 Å². The predicted molar refractivity (Wildman–Crippen MR) is 125 cm³/mol. The quantitative estimate of drug-likeness (QED) is 0.450. The van der Waals surface area contributed by atoms with Crippen LogP contribution in [0.2, 0.25) is 0 Å². The lowest BCUT2D eigenvalue weighted by atomic mass is 10.1. The van der Waals surface area contributed by atoms with Gasteiger partial charge in [-0.15, -0.1) is 0 Å². The molecule has 0 saturated carbocycles. The molecule has 7 nitrogen and oxygen atoms in total. The molecule has 0 aliphatic carbocycles. The van der Waals surface area contributed by atoms with E-state index in [1.54, 1.807) is 42.5 Å². The molecule has 174 valence electrons. The Bertz CT molecular complexity index is 1200. The van der Waals surface area contributed by atoms with Crippen molar-refractivity contribution in [2.24, 2.45) is 0 Å². The van der Waals surface area contributed by atoms with Crippen molar-refractivity contribution in [1.29, 1.82) is 0 Å². The highest BCUT2D eigenvalue weighted by Crippen LogP contribution is 2.29. The maximum absolute atomic E-state index is 13.0. The van der Waals surface area contributed by atoms with E-state index in [-0.39, 0.29) is 28.8 Å². The van der Waals surface area contributed by atoms with Crippen molar-refractivity contribution in [2.75, 3.05) is 23.8 Å². The Kier molecular flexibility index (Phi) is 7.89. The first-order valence-corrected chi connectivity index (χ1v) is 11.8. The van der Waals surface area contributed by atoms with Crippen LogP contribution in [0.25, 0.3) is 0 Å². The van der Waals surface area contributed by atoms with E-state index in [0.717, 1.165) is 5.56 Å². The number of methoxy groups -OCH3 is 1. The number of ether oxygens (including phenoxy) is 2. The molecule has 0 heterocycles. The summed E-state index contributed by atoms with van der Waals surface area (Å²) in [5.41, 5.74) is 1.49. The second-order valence-electron chi connectivity index (χ2n) is 7.10. The van der Waals surface area contributed by atoms with E-state index >= 15 is 0 Å². The van der Waals surface area contributed by atoms with Gasteiger partial charge in [0.15, 0.2) is 0 Å². The Morgan fingerprint density at radius 3 is 2.27 bits per heavy atom. The zero-order valence-electron chi connectivity index (χ0n) is 18.3. The molecule has 0 spiro atoms. The lowest BCUT2D eigenvalue weighted by Gasteiger charge is -2.14. The summed E-state index contributed by atoms with van der Waals surface area (Å²) in [4.78, 5) is 12.2. The van der Waals surface area contributed by atoms with Crippen LogP contribution in [0.4, 0.5) is 15.8 Å². The number of hydrogen-bond donors (Lipinski definition) is 2. The smallest absolute Gasteiger partial charge is 0.265 e. The van der Waals surface area contributed by atoms with E-state index in [4.69, 9.17) is 9.47 Å². The minimum atomic E-state index is -4.00. The van der Waals surface area contributed by atoms with Crippen LogP contribution in [0, 0.1) is 5.82 Å². The molecule has 0 aliphatic heterocycles. The number of hydrogen-bond acceptors (Lipinski definition) is 5. The molecule has 0 atom stereocenters. The van der Waals surface area contributed by atoms with Gasteiger partial charge in [-0.2, -0.15) is 0 Å². The minimum absolute atomic E-state index is 0.116. The van der Waals surface area contributed by atoms with Crippen LogP contribution >= 0.6 is 0 Å². The highest BCUT2D eigenvalue weighted by Gasteiger charge is 2.21. The molecule has 3 rings (SSSR count). The zero-order valence-corrected chi connectivity index (χ0v) is 19.1. The second-order valence-corrected chi connectivity index (χ2v) is 8.75. The summed E-state index contributed by atoms with van der Waals surface area (Å²) in [6.07, 6.45) is 0.580. The summed E-state index contributed by atoms with van der Waals surface area (Å²) < 4.78 is 52.1. The summed E-state index contributed by atoms with van der Waals surface area (Å²) >= 11 is 0. The average molecular weight is 473 g/mol. The van der Waals surface area contributed by atoms with Gasteiger partial charge in [-0.1, -0.05) is 12.1 Å². The van der Waals surface area contributed by atoms with Crippen molar-refractivity contribution in [3.05, 3.63) is 78.1 Å². The van der Waals surface area contributed by atoms with Crippen LogP contribution in [0.15, 0.2) is 71.6 Å². The van der Waals surface area contributed by atoms with E-state index < -0.39 is 10.0 Å². The SMILES string of the molecule is CCOc1ccc(NS(=O)(=O)c2cc(NC(=O)CCc3ccc(F)cc3)ccc2OC)cc1. The predicted octanol–water partition coefficient (Wildman–Crippen LogP) is 4.61. The summed E-state index contributed by atoms with van der Waals surface area (Å²) in [6, 6.07) is 16.8. The number of rotatable bonds is 10. The number of sulfonamides is 1. The van der Waals surface area contributed by atoms with Gasteiger partial charge < -0.3 is 14.8 Å². The van der Waals surface area contributed by atoms with E-state index in [2.05, 4.69) is 10.0 Å². The Morgan fingerprint density at radius 2 is 1.64 bits per heavy atom. The van der Waals surface area contributed by atoms with Gasteiger partial charge >= 0.3 is 0 Å². The Hall–Kier alpha value is -3.59. The summed E-state index contributed by atoms with van der Waals surface area (Å²) in [7, 11) is -2.63. The summed E-state index contributed by atoms with van der Waals surface area (Å²) in [5, 5.41) is 2.70. The number of amides is 1. The van der Waals surface area contributed by atoms with Gasteiger partial charge in [-0.25, -0.2) is 12.8 Å². The zero-order chi connectivity index (χ0) is 23.8.